The minimum Gasteiger partial charge on any atom is -0.478 e. The first-order valence-electron chi connectivity index (χ1n) is 5.20. The summed E-state index contributed by atoms with van der Waals surface area (Å²) in [7, 11) is 0. The van der Waals surface area contributed by atoms with E-state index in [1.807, 2.05) is 6.07 Å². The molecular formula is C12H9N5O2. The van der Waals surface area contributed by atoms with Crippen LogP contribution in [0, 0.1) is 11.3 Å². The molecule has 0 spiro atoms. The van der Waals surface area contributed by atoms with E-state index < -0.39 is 5.97 Å². The number of carboxylic acid groups (broad SMARTS) is 1. The van der Waals surface area contributed by atoms with E-state index in [0.29, 0.717) is 0 Å². The number of carboxylic acids is 1. The Labute approximate surface area is 108 Å². The van der Waals surface area contributed by atoms with Crippen LogP contribution < -0.4 is 11.5 Å². The summed E-state index contributed by atoms with van der Waals surface area (Å²) in [5.41, 5.74) is 11.5. The lowest BCUT2D eigenvalue weighted by Crippen LogP contribution is -2.07. The fourth-order valence-electron chi connectivity index (χ4n) is 1.68. The number of aromatic carboxylic acids is 1. The highest BCUT2D eigenvalue weighted by Gasteiger charge is 2.18. The Morgan fingerprint density at radius 2 is 1.95 bits per heavy atom. The molecule has 19 heavy (non-hydrogen) atoms. The van der Waals surface area contributed by atoms with Crippen molar-refractivity contribution < 1.29 is 9.90 Å². The molecule has 5 N–H and O–H groups in total. The van der Waals surface area contributed by atoms with Crippen LogP contribution in [0.4, 0.5) is 11.8 Å². The molecule has 0 aliphatic heterocycles. The first-order chi connectivity index (χ1) is 9.04. The standard InChI is InChI=1S/C12H9N5O2/c13-5-8-9(16-12(15)17-10(8)14)6-3-1-2-4-7(6)11(18)19/h1-4H,(H,18,19)(H4,14,15,16,17). The van der Waals surface area contributed by atoms with Crippen molar-refractivity contribution in [3.8, 4) is 17.3 Å². The fourth-order valence-corrected chi connectivity index (χ4v) is 1.68. The molecule has 1 aromatic heterocycles. The second-order valence-corrected chi connectivity index (χ2v) is 3.65. The van der Waals surface area contributed by atoms with E-state index in [9.17, 15) is 4.79 Å². The van der Waals surface area contributed by atoms with Crippen molar-refractivity contribution in [2.75, 3.05) is 11.5 Å². The maximum Gasteiger partial charge on any atom is 0.336 e. The zero-order valence-electron chi connectivity index (χ0n) is 9.66. The van der Waals surface area contributed by atoms with Crippen molar-refractivity contribution in [2.24, 2.45) is 0 Å². The molecule has 94 valence electrons. The highest BCUT2D eigenvalue weighted by molar-refractivity contribution is 5.96. The molecule has 2 rings (SSSR count). The van der Waals surface area contributed by atoms with Gasteiger partial charge in [-0.2, -0.15) is 10.2 Å². The minimum absolute atomic E-state index is 0.00269. The van der Waals surface area contributed by atoms with Gasteiger partial charge in [0.05, 0.1) is 11.3 Å². The molecule has 7 nitrogen and oxygen atoms in total. The molecule has 0 aliphatic rings. The van der Waals surface area contributed by atoms with Gasteiger partial charge in [-0.1, -0.05) is 18.2 Å². The highest BCUT2D eigenvalue weighted by atomic mass is 16.4. The van der Waals surface area contributed by atoms with Crippen LogP contribution in [0.1, 0.15) is 15.9 Å². The Balaban J connectivity index is 2.80. The summed E-state index contributed by atoms with van der Waals surface area (Å²) in [5, 5.41) is 18.2. The Kier molecular flexibility index (Phi) is 3.00. The number of nitriles is 1. The number of hydrogen-bond donors (Lipinski definition) is 3. The van der Waals surface area contributed by atoms with Gasteiger partial charge in [-0.3, -0.25) is 0 Å². The molecule has 1 aromatic carbocycles. The predicted octanol–water partition coefficient (Wildman–Crippen LogP) is 0.878. The molecule has 0 aliphatic carbocycles. The molecular weight excluding hydrogens is 246 g/mol. The summed E-state index contributed by atoms with van der Waals surface area (Å²) in [6.07, 6.45) is 0. The van der Waals surface area contributed by atoms with E-state index in [-0.39, 0.29) is 34.2 Å². The Morgan fingerprint density at radius 1 is 1.26 bits per heavy atom. The van der Waals surface area contributed by atoms with Crippen molar-refractivity contribution in [3.05, 3.63) is 35.4 Å². The third-order valence-corrected chi connectivity index (χ3v) is 2.48. The summed E-state index contributed by atoms with van der Waals surface area (Å²) in [6, 6.07) is 8.01. The van der Waals surface area contributed by atoms with E-state index in [1.165, 1.54) is 12.1 Å². The zero-order chi connectivity index (χ0) is 14.0. The average Bonchev–Trinajstić information content (AvgIpc) is 2.37. The molecule has 0 saturated carbocycles. The monoisotopic (exact) mass is 255 g/mol. The van der Waals surface area contributed by atoms with Crippen LogP contribution in [0.2, 0.25) is 0 Å². The van der Waals surface area contributed by atoms with Crippen molar-refractivity contribution in [1.82, 2.24) is 9.97 Å². The van der Waals surface area contributed by atoms with Gasteiger partial charge in [0.2, 0.25) is 5.95 Å². The highest BCUT2D eigenvalue weighted by Crippen LogP contribution is 2.28. The largest absolute Gasteiger partial charge is 0.478 e. The lowest BCUT2D eigenvalue weighted by atomic mass is 10.0. The van der Waals surface area contributed by atoms with Crippen molar-refractivity contribution in [3.63, 3.8) is 0 Å². The smallest absolute Gasteiger partial charge is 0.336 e. The summed E-state index contributed by atoms with van der Waals surface area (Å²) >= 11 is 0. The number of rotatable bonds is 2. The molecule has 0 atom stereocenters. The van der Waals surface area contributed by atoms with Crippen LogP contribution in [0.15, 0.2) is 24.3 Å². The third-order valence-electron chi connectivity index (χ3n) is 2.48. The number of nitrogens with zero attached hydrogens (tertiary/aromatic N) is 3. The molecule has 0 fully saturated rings. The number of nitrogen functional groups attached to an aromatic ring is 2. The van der Waals surface area contributed by atoms with Crippen LogP contribution in [0.3, 0.4) is 0 Å². The molecule has 0 radical (unpaired) electrons. The lowest BCUT2D eigenvalue weighted by molar-refractivity contribution is 0.0697. The molecule has 7 heteroatoms. The maximum atomic E-state index is 11.2. The van der Waals surface area contributed by atoms with Gasteiger partial charge < -0.3 is 16.6 Å². The minimum atomic E-state index is -1.13. The average molecular weight is 255 g/mol. The summed E-state index contributed by atoms with van der Waals surface area (Å²) in [4.78, 5) is 18.8. The van der Waals surface area contributed by atoms with Crippen LogP contribution in [0.25, 0.3) is 11.3 Å². The predicted molar refractivity (Wildman–Crippen MR) is 68.0 cm³/mol. The first-order valence-corrected chi connectivity index (χ1v) is 5.20. The number of hydrogen-bond acceptors (Lipinski definition) is 6. The lowest BCUT2D eigenvalue weighted by Gasteiger charge is -2.09. The van der Waals surface area contributed by atoms with E-state index in [4.69, 9.17) is 21.8 Å². The van der Waals surface area contributed by atoms with Gasteiger partial charge in [0.1, 0.15) is 17.5 Å². The number of anilines is 2. The van der Waals surface area contributed by atoms with Gasteiger partial charge in [0.25, 0.3) is 0 Å². The summed E-state index contributed by atoms with van der Waals surface area (Å²) < 4.78 is 0. The van der Waals surface area contributed by atoms with E-state index in [1.54, 1.807) is 12.1 Å². The molecule has 0 bridgehead atoms. The second-order valence-electron chi connectivity index (χ2n) is 3.65. The van der Waals surface area contributed by atoms with Crippen molar-refractivity contribution in [2.45, 2.75) is 0 Å². The van der Waals surface area contributed by atoms with Crippen molar-refractivity contribution >= 4 is 17.7 Å². The van der Waals surface area contributed by atoms with Crippen LogP contribution in [-0.4, -0.2) is 21.0 Å². The fraction of sp³-hybridized carbons (Fsp3) is 0. The van der Waals surface area contributed by atoms with Crippen LogP contribution >= 0.6 is 0 Å². The number of nitrogens with two attached hydrogens (primary N) is 2. The van der Waals surface area contributed by atoms with E-state index in [2.05, 4.69) is 9.97 Å². The summed E-state index contributed by atoms with van der Waals surface area (Å²) in [6.45, 7) is 0. The van der Waals surface area contributed by atoms with Crippen molar-refractivity contribution in [1.29, 1.82) is 5.26 Å². The SMILES string of the molecule is N#Cc1c(N)nc(N)nc1-c1ccccc1C(=O)O. The van der Waals surface area contributed by atoms with Crippen LogP contribution in [-0.2, 0) is 0 Å². The Bertz CT molecular complexity index is 706. The molecule has 0 amide bonds. The molecule has 0 saturated heterocycles. The van der Waals surface area contributed by atoms with Gasteiger partial charge in [-0.15, -0.1) is 0 Å². The first kappa shape index (κ1) is 12.3. The Morgan fingerprint density at radius 3 is 2.58 bits per heavy atom. The molecule has 0 unspecified atom stereocenters. The number of benzene rings is 1. The van der Waals surface area contributed by atoms with Gasteiger partial charge in [0, 0.05) is 5.56 Å². The number of carbonyl (C=O) groups is 1. The Hall–Kier alpha value is -3.14. The second kappa shape index (κ2) is 4.62. The quantitative estimate of drug-likeness (QED) is 0.723. The molecule has 2 aromatic rings. The molecule has 1 heterocycles. The topological polar surface area (TPSA) is 139 Å². The number of aromatic nitrogens is 2. The van der Waals surface area contributed by atoms with Gasteiger partial charge in [0.15, 0.2) is 0 Å². The normalized spacial score (nSPS) is 9.84. The maximum absolute atomic E-state index is 11.2. The van der Waals surface area contributed by atoms with E-state index >= 15 is 0 Å². The zero-order valence-corrected chi connectivity index (χ0v) is 9.66. The van der Waals surface area contributed by atoms with Gasteiger partial charge >= 0.3 is 5.97 Å². The van der Waals surface area contributed by atoms with Gasteiger partial charge in [-0.25, -0.2) is 9.78 Å². The van der Waals surface area contributed by atoms with E-state index in [0.717, 1.165) is 0 Å². The van der Waals surface area contributed by atoms with Crippen LogP contribution in [0.5, 0.6) is 0 Å². The summed E-state index contributed by atoms with van der Waals surface area (Å²) in [5.74, 6) is -1.33. The van der Waals surface area contributed by atoms with Gasteiger partial charge in [-0.05, 0) is 6.07 Å². The third kappa shape index (κ3) is 2.14.